The van der Waals surface area contributed by atoms with E-state index in [2.05, 4.69) is 10.6 Å². The van der Waals surface area contributed by atoms with E-state index in [0.29, 0.717) is 28.6 Å². The normalized spacial score (nSPS) is 18.9. The summed E-state index contributed by atoms with van der Waals surface area (Å²) >= 11 is 11.7. The molecule has 0 radical (unpaired) electrons. The molecule has 1 saturated heterocycles. The van der Waals surface area contributed by atoms with E-state index in [0.717, 1.165) is 0 Å². The van der Waals surface area contributed by atoms with Crippen molar-refractivity contribution < 1.29 is 9.59 Å². The zero-order valence-electron chi connectivity index (χ0n) is 8.80. The summed E-state index contributed by atoms with van der Waals surface area (Å²) < 4.78 is 0. The first-order valence-electron chi connectivity index (χ1n) is 5.11. The fraction of sp³-hybridized carbons (Fsp3) is 0.273. The van der Waals surface area contributed by atoms with E-state index < -0.39 is 6.04 Å². The van der Waals surface area contributed by atoms with Gasteiger partial charge in [-0.1, -0.05) is 23.2 Å². The molecule has 1 heterocycles. The van der Waals surface area contributed by atoms with Crippen molar-refractivity contribution in [3.05, 3.63) is 28.2 Å². The molecule has 1 unspecified atom stereocenters. The van der Waals surface area contributed by atoms with Crippen LogP contribution in [0, 0.1) is 0 Å². The van der Waals surface area contributed by atoms with Crippen LogP contribution in [-0.2, 0) is 9.59 Å². The van der Waals surface area contributed by atoms with Gasteiger partial charge in [-0.3, -0.25) is 9.59 Å². The molecule has 1 aliphatic rings. The van der Waals surface area contributed by atoms with Gasteiger partial charge >= 0.3 is 0 Å². The highest BCUT2D eigenvalue weighted by Crippen LogP contribution is 2.25. The second kappa shape index (κ2) is 4.94. The molecule has 0 aromatic heterocycles. The van der Waals surface area contributed by atoms with Gasteiger partial charge in [0.1, 0.15) is 6.04 Å². The third kappa shape index (κ3) is 2.90. The van der Waals surface area contributed by atoms with Crippen molar-refractivity contribution in [1.82, 2.24) is 5.32 Å². The Hall–Kier alpha value is -1.26. The highest BCUT2D eigenvalue weighted by atomic mass is 35.5. The third-order valence-electron chi connectivity index (χ3n) is 2.50. The maximum absolute atomic E-state index is 11.8. The van der Waals surface area contributed by atoms with Crippen molar-refractivity contribution in [1.29, 1.82) is 0 Å². The molecule has 2 N–H and O–H groups in total. The van der Waals surface area contributed by atoms with E-state index in [1.807, 2.05) is 0 Å². The SMILES string of the molecule is O=C1CCC(C(=O)Nc2cc(Cl)ccc2Cl)N1. The summed E-state index contributed by atoms with van der Waals surface area (Å²) in [6.45, 7) is 0. The largest absolute Gasteiger partial charge is 0.344 e. The Balaban J connectivity index is 2.07. The molecule has 90 valence electrons. The van der Waals surface area contributed by atoms with E-state index in [-0.39, 0.29) is 11.8 Å². The number of nitrogens with one attached hydrogen (secondary N) is 2. The molecular formula is C11H10Cl2N2O2. The molecule has 2 amide bonds. The summed E-state index contributed by atoms with van der Waals surface area (Å²) in [5.41, 5.74) is 0.449. The zero-order valence-corrected chi connectivity index (χ0v) is 10.3. The molecular weight excluding hydrogens is 263 g/mol. The molecule has 2 rings (SSSR count). The van der Waals surface area contributed by atoms with Crippen LogP contribution >= 0.6 is 23.2 Å². The van der Waals surface area contributed by atoms with E-state index in [4.69, 9.17) is 23.2 Å². The second-order valence-electron chi connectivity index (χ2n) is 3.77. The van der Waals surface area contributed by atoms with Gasteiger partial charge in [0.15, 0.2) is 0 Å². The van der Waals surface area contributed by atoms with Crippen molar-refractivity contribution in [3.8, 4) is 0 Å². The minimum absolute atomic E-state index is 0.109. The summed E-state index contributed by atoms with van der Waals surface area (Å²) in [6.07, 6.45) is 0.879. The maximum atomic E-state index is 11.8. The summed E-state index contributed by atoms with van der Waals surface area (Å²) in [5, 5.41) is 6.12. The lowest BCUT2D eigenvalue weighted by Crippen LogP contribution is -2.37. The first kappa shape index (κ1) is 12.2. The van der Waals surface area contributed by atoms with Crippen molar-refractivity contribution in [2.75, 3.05) is 5.32 Å². The van der Waals surface area contributed by atoms with Crippen molar-refractivity contribution in [3.63, 3.8) is 0 Å². The molecule has 1 aromatic carbocycles. The molecule has 4 nitrogen and oxygen atoms in total. The Morgan fingerprint density at radius 1 is 1.41 bits per heavy atom. The topological polar surface area (TPSA) is 58.2 Å². The van der Waals surface area contributed by atoms with Crippen LogP contribution in [-0.4, -0.2) is 17.9 Å². The molecule has 1 aliphatic heterocycles. The number of benzene rings is 1. The van der Waals surface area contributed by atoms with Crippen molar-refractivity contribution in [2.24, 2.45) is 0 Å². The van der Waals surface area contributed by atoms with Crippen LogP contribution in [0.15, 0.2) is 18.2 Å². The number of carbonyl (C=O) groups is 2. The fourth-order valence-corrected chi connectivity index (χ4v) is 1.96. The monoisotopic (exact) mass is 272 g/mol. The summed E-state index contributed by atoms with van der Waals surface area (Å²) in [5.74, 6) is -0.387. The molecule has 1 fully saturated rings. The molecule has 6 heteroatoms. The Labute approximate surface area is 108 Å². The average Bonchev–Trinajstić information content (AvgIpc) is 2.70. The number of rotatable bonds is 2. The number of hydrogen-bond acceptors (Lipinski definition) is 2. The highest BCUT2D eigenvalue weighted by molar-refractivity contribution is 6.35. The smallest absolute Gasteiger partial charge is 0.247 e. The van der Waals surface area contributed by atoms with E-state index >= 15 is 0 Å². The number of carbonyl (C=O) groups excluding carboxylic acids is 2. The van der Waals surface area contributed by atoms with Gasteiger partial charge in [-0.05, 0) is 24.6 Å². The fourth-order valence-electron chi connectivity index (χ4n) is 1.62. The molecule has 1 atom stereocenters. The van der Waals surface area contributed by atoms with Crippen LogP contribution in [0.5, 0.6) is 0 Å². The van der Waals surface area contributed by atoms with Gasteiger partial charge in [-0.15, -0.1) is 0 Å². The summed E-state index contributed by atoms with van der Waals surface area (Å²) in [7, 11) is 0. The highest BCUT2D eigenvalue weighted by Gasteiger charge is 2.27. The van der Waals surface area contributed by atoms with Gasteiger partial charge in [0.25, 0.3) is 0 Å². The van der Waals surface area contributed by atoms with Gasteiger partial charge in [0, 0.05) is 11.4 Å². The second-order valence-corrected chi connectivity index (χ2v) is 4.62. The zero-order chi connectivity index (χ0) is 12.4. The maximum Gasteiger partial charge on any atom is 0.247 e. The first-order chi connectivity index (χ1) is 8.06. The Morgan fingerprint density at radius 2 is 2.18 bits per heavy atom. The van der Waals surface area contributed by atoms with Crippen molar-refractivity contribution in [2.45, 2.75) is 18.9 Å². The Kier molecular flexibility index (Phi) is 3.54. The molecule has 0 saturated carbocycles. The molecule has 0 bridgehead atoms. The number of amides is 2. The lowest BCUT2D eigenvalue weighted by Gasteiger charge is -2.12. The van der Waals surface area contributed by atoms with Gasteiger partial charge in [0.05, 0.1) is 10.7 Å². The third-order valence-corrected chi connectivity index (χ3v) is 3.06. The van der Waals surface area contributed by atoms with E-state index in [1.165, 1.54) is 0 Å². The average molecular weight is 273 g/mol. The number of hydrogen-bond donors (Lipinski definition) is 2. The Bertz CT molecular complexity index is 477. The first-order valence-corrected chi connectivity index (χ1v) is 5.87. The minimum atomic E-state index is -0.488. The number of halogens is 2. The Morgan fingerprint density at radius 3 is 2.82 bits per heavy atom. The van der Waals surface area contributed by atoms with Crippen LogP contribution in [0.2, 0.25) is 10.0 Å². The minimum Gasteiger partial charge on any atom is -0.344 e. The van der Waals surface area contributed by atoms with E-state index in [9.17, 15) is 9.59 Å². The van der Waals surface area contributed by atoms with Crippen LogP contribution in [0.1, 0.15) is 12.8 Å². The van der Waals surface area contributed by atoms with Gasteiger partial charge < -0.3 is 10.6 Å². The van der Waals surface area contributed by atoms with Gasteiger partial charge in [-0.2, -0.15) is 0 Å². The van der Waals surface area contributed by atoms with Crippen LogP contribution in [0.3, 0.4) is 0 Å². The van der Waals surface area contributed by atoms with Crippen LogP contribution in [0.25, 0.3) is 0 Å². The van der Waals surface area contributed by atoms with Gasteiger partial charge in [-0.25, -0.2) is 0 Å². The summed E-state index contributed by atoms with van der Waals surface area (Å²) in [6, 6.07) is 4.32. The molecule has 17 heavy (non-hydrogen) atoms. The van der Waals surface area contributed by atoms with Gasteiger partial charge in [0.2, 0.25) is 11.8 Å². The van der Waals surface area contributed by atoms with Crippen LogP contribution in [0.4, 0.5) is 5.69 Å². The number of anilines is 1. The predicted octanol–water partition coefficient (Wildman–Crippen LogP) is 2.21. The standard InChI is InChI=1S/C11H10Cl2N2O2/c12-6-1-2-7(13)9(5-6)15-11(17)8-3-4-10(16)14-8/h1-2,5,8H,3-4H2,(H,14,16)(H,15,17). The molecule has 1 aromatic rings. The lowest BCUT2D eigenvalue weighted by atomic mass is 10.2. The van der Waals surface area contributed by atoms with Crippen molar-refractivity contribution >= 4 is 40.7 Å². The van der Waals surface area contributed by atoms with Crippen LogP contribution < -0.4 is 10.6 Å². The predicted molar refractivity (Wildman–Crippen MR) is 66.3 cm³/mol. The summed E-state index contributed by atoms with van der Waals surface area (Å²) in [4.78, 5) is 22.8. The molecule has 0 spiro atoms. The van der Waals surface area contributed by atoms with E-state index in [1.54, 1.807) is 18.2 Å². The molecule has 0 aliphatic carbocycles. The quantitative estimate of drug-likeness (QED) is 0.867. The lowest BCUT2D eigenvalue weighted by molar-refractivity contribution is -0.122.